The van der Waals surface area contributed by atoms with E-state index in [2.05, 4.69) is 66.4 Å². The molecule has 0 aliphatic carbocycles. The Labute approximate surface area is 217 Å². The van der Waals surface area contributed by atoms with E-state index in [1.54, 1.807) is 0 Å². The van der Waals surface area contributed by atoms with Gasteiger partial charge in [-0.15, -0.1) is 0 Å². The number of amides is 1. The summed E-state index contributed by atoms with van der Waals surface area (Å²) in [5.74, 6) is 1.13. The van der Waals surface area contributed by atoms with Crippen LogP contribution in [0.5, 0.6) is 0 Å². The molecular weight excluding hydrogens is 480 g/mol. The second kappa shape index (κ2) is 13.8. The van der Waals surface area contributed by atoms with Crippen molar-refractivity contribution in [3.05, 3.63) is 53.2 Å². The first-order chi connectivity index (χ1) is 17.2. The van der Waals surface area contributed by atoms with Crippen LogP contribution in [0.25, 0.3) is 6.08 Å². The third kappa shape index (κ3) is 8.79. The molecule has 2 aromatic rings. The lowest BCUT2D eigenvalue weighted by Crippen LogP contribution is -2.46. The Morgan fingerprint density at radius 2 is 1.77 bits per heavy atom. The molecule has 7 nitrogen and oxygen atoms in total. The lowest BCUT2D eigenvalue weighted by Gasteiger charge is -2.35. The summed E-state index contributed by atoms with van der Waals surface area (Å²) in [5.41, 5.74) is 1.22. The summed E-state index contributed by atoms with van der Waals surface area (Å²) >= 11 is 7.63. The molecule has 0 bridgehead atoms. The molecule has 1 amide bonds. The van der Waals surface area contributed by atoms with Gasteiger partial charge in [-0.3, -0.25) is 9.69 Å². The second-order valence-corrected chi connectivity index (χ2v) is 10.3. The zero-order valence-corrected chi connectivity index (χ0v) is 21.8. The molecule has 1 aromatic carbocycles. The van der Waals surface area contributed by atoms with Crippen LogP contribution in [-0.2, 0) is 4.79 Å². The van der Waals surface area contributed by atoms with Crippen molar-refractivity contribution in [3.63, 3.8) is 0 Å². The Morgan fingerprint density at radius 1 is 1.00 bits per heavy atom. The van der Waals surface area contributed by atoms with Crippen molar-refractivity contribution in [2.45, 2.75) is 24.4 Å². The van der Waals surface area contributed by atoms with E-state index in [0.717, 1.165) is 58.2 Å². The van der Waals surface area contributed by atoms with Gasteiger partial charge in [0, 0.05) is 51.9 Å². The van der Waals surface area contributed by atoms with Gasteiger partial charge in [0.1, 0.15) is 11.0 Å². The number of carbonyl (C=O) groups is 1. The summed E-state index contributed by atoms with van der Waals surface area (Å²) in [6.07, 6.45) is 8.24. The van der Waals surface area contributed by atoms with Crippen LogP contribution < -0.4 is 10.2 Å². The molecular formula is C26H35ClN6OS. The molecule has 2 fully saturated rings. The number of hydrogen-bond acceptors (Lipinski definition) is 7. The fourth-order valence-corrected chi connectivity index (χ4v) is 5.30. The van der Waals surface area contributed by atoms with Crippen molar-refractivity contribution in [2.24, 2.45) is 0 Å². The second-order valence-electron chi connectivity index (χ2n) is 8.97. The number of carbonyl (C=O) groups excluding carboxylic acids is 1. The number of halogens is 1. The molecule has 2 aliphatic heterocycles. The minimum Gasteiger partial charge on any atom is -0.354 e. The highest BCUT2D eigenvalue weighted by Gasteiger charge is 2.19. The summed E-state index contributed by atoms with van der Waals surface area (Å²) < 4.78 is 0. The number of rotatable bonds is 10. The van der Waals surface area contributed by atoms with E-state index in [4.69, 9.17) is 11.6 Å². The maximum atomic E-state index is 12.3. The Morgan fingerprint density at radius 3 is 2.54 bits per heavy atom. The van der Waals surface area contributed by atoms with Gasteiger partial charge in [0.15, 0.2) is 5.16 Å². The van der Waals surface area contributed by atoms with Gasteiger partial charge in [-0.05, 0) is 31.5 Å². The van der Waals surface area contributed by atoms with E-state index in [1.165, 1.54) is 36.6 Å². The van der Waals surface area contributed by atoms with Crippen LogP contribution in [0, 0.1) is 0 Å². The molecule has 1 N–H and O–H groups in total. The van der Waals surface area contributed by atoms with Crippen LogP contribution in [0.3, 0.4) is 0 Å². The van der Waals surface area contributed by atoms with Crippen LogP contribution in [0.1, 0.15) is 24.8 Å². The molecule has 1 aromatic heterocycles. The van der Waals surface area contributed by atoms with E-state index in [1.807, 2.05) is 12.1 Å². The third-order valence-electron chi connectivity index (χ3n) is 6.36. The molecule has 35 heavy (non-hydrogen) atoms. The van der Waals surface area contributed by atoms with Crippen molar-refractivity contribution >= 4 is 41.2 Å². The van der Waals surface area contributed by atoms with Gasteiger partial charge < -0.3 is 15.1 Å². The molecule has 0 spiro atoms. The predicted molar refractivity (Wildman–Crippen MR) is 145 cm³/mol. The molecule has 188 valence electrons. The van der Waals surface area contributed by atoms with E-state index in [0.29, 0.717) is 22.6 Å². The molecule has 9 heteroatoms. The number of likely N-dealkylation sites (tertiary alicyclic amines) is 1. The lowest BCUT2D eigenvalue weighted by atomic mass is 10.1. The number of nitrogens with zero attached hydrogens (tertiary/aromatic N) is 5. The number of piperazine rings is 1. The van der Waals surface area contributed by atoms with Crippen LogP contribution in [0.4, 0.5) is 5.82 Å². The maximum Gasteiger partial charge on any atom is 0.230 e. The smallest absolute Gasteiger partial charge is 0.230 e. The van der Waals surface area contributed by atoms with Gasteiger partial charge in [0.2, 0.25) is 5.91 Å². The van der Waals surface area contributed by atoms with E-state index in [9.17, 15) is 4.79 Å². The van der Waals surface area contributed by atoms with Gasteiger partial charge in [0.25, 0.3) is 0 Å². The summed E-state index contributed by atoms with van der Waals surface area (Å²) in [6, 6.07) is 12.2. The summed E-state index contributed by atoms with van der Waals surface area (Å²) in [4.78, 5) is 28.4. The highest BCUT2D eigenvalue weighted by molar-refractivity contribution is 7.99. The number of thioether (sulfide) groups is 1. The van der Waals surface area contributed by atoms with Crippen LogP contribution in [0.2, 0.25) is 5.15 Å². The quantitative estimate of drug-likeness (QED) is 0.295. The normalized spacial score (nSPS) is 17.7. The molecule has 0 atom stereocenters. The number of nitrogens with one attached hydrogen (secondary N) is 1. The van der Waals surface area contributed by atoms with Crippen LogP contribution in [0.15, 0.2) is 47.6 Å². The monoisotopic (exact) mass is 514 g/mol. The predicted octanol–water partition coefficient (Wildman–Crippen LogP) is 3.66. The van der Waals surface area contributed by atoms with Crippen molar-refractivity contribution in [2.75, 3.05) is 69.6 Å². The highest BCUT2D eigenvalue weighted by atomic mass is 35.5. The molecule has 2 saturated heterocycles. The highest BCUT2D eigenvalue weighted by Crippen LogP contribution is 2.23. The zero-order chi connectivity index (χ0) is 24.3. The van der Waals surface area contributed by atoms with Crippen LogP contribution >= 0.6 is 23.4 Å². The largest absolute Gasteiger partial charge is 0.354 e. The van der Waals surface area contributed by atoms with Crippen molar-refractivity contribution in [1.82, 2.24) is 25.1 Å². The minimum atomic E-state index is 0.00862. The lowest BCUT2D eigenvalue weighted by molar-refractivity contribution is -0.118. The molecule has 0 unspecified atom stereocenters. The SMILES string of the molecule is O=C(CSc1nc(Cl)cc(N2CCN(C/C=C/c3ccccc3)CC2)n1)NCCN1CCCCC1. The van der Waals surface area contributed by atoms with Crippen molar-refractivity contribution in [3.8, 4) is 0 Å². The number of piperidine rings is 1. The molecule has 0 saturated carbocycles. The van der Waals surface area contributed by atoms with Gasteiger partial charge in [-0.25, -0.2) is 9.97 Å². The number of aromatic nitrogens is 2. The first kappa shape index (κ1) is 25.9. The number of hydrogen-bond donors (Lipinski definition) is 1. The van der Waals surface area contributed by atoms with Gasteiger partial charge in [0.05, 0.1) is 5.75 Å². The fourth-order valence-electron chi connectivity index (χ4n) is 4.39. The molecule has 2 aliphatic rings. The molecule has 3 heterocycles. The zero-order valence-electron chi connectivity index (χ0n) is 20.2. The van der Waals surface area contributed by atoms with E-state index >= 15 is 0 Å². The van der Waals surface area contributed by atoms with E-state index < -0.39 is 0 Å². The summed E-state index contributed by atoms with van der Waals surface area (Å²) in [7, 11) is 0. The molecule has 4 rings (SSSR count). The Balaban J connectivity index is 1.19. The number of anilines is 1. The van der Waals surface area contributed by atoms with Gasteiger partial charge in [-0.2, -0.15) is 0 Å². The fraction of sp³-hybridized carbons (Fsp3) is 0.500. The topological polar surface area (TPSA) is 64.6 Å². The first-order valence-electron chi connectivity index (χ1n) is 12.5. The van der Waals surface area contributed by atoms with Crippen LogP contribution in [-0.4, -0.2) is 90.3 Å². The van der Waals surface area contributed by atoms with Gasteiger partial charge >= 0.3 is 0 Å². The van der Waals surface area contributed by atoms with Crippen molar-refractivity contribution in [1.29, 1.82) is 0 Å². The average Bonchev–Trinajstić information content (AvgIpc) is 2.89. The standard InChI is InChI=1S/C26H35ClN6OS/c27-23-20-24(33-18-16-32(17-19-33)14-7-10-22-8-3-1-4-9-22)30-26(29-23)35-21-25(34)28-11-15-31-12-5-2-6-13-31/h1,3-4,7-10,20H,2,5-6,11-19,21H2,(H,28,34)/b10-7+. The first-order valence-corrected chi connectivity index (χ1v) is 13.9. The van der Waals surface area contributed by atoms with Gasteiger partial charge in [-0.1, -0.05) is 72.3 Å². The summed E-state index contributed by atoms with van der Waals surface area (Å²) in [5, 5.41) is 3.97. The van der Waals surface area contributed by atoms with E-state index in [-0.39, 0.29) is 5.91 Å². The average molecular weight is 515 g/mol. The number of benzene rings is 1. The molecule has 0 radical (unpaired) electrons. The third-order valence-corrected chi connectivity index (χ3v) is 7.40. The summed E-state index contributed by atoms with van der Waals surface area (Å²) in [6.45, 7) is 8.51. The van der Waals surface area contributed by atoms with Crippen molar-refractivity contribution < 1.29 is 4.79 Å². The Kier molecular flexibility index (Phi) is 10.2. The Hall–Kier alpha value is -2.13. The maximum absolute atomic E-state index is 12.3. The minimum absolute atomic E-state index is 0.00862. The Bertz CT molecular complexity index is 962.